The third-order valence-electron chi connectivity index (χ3n) is 3.55. The molecule has 0 bridgehead atoms. The van der Waals surface area contributed by atoms with Crippen molar-refractivity contribution in [2.24, 2.45) is 0 Å². The largest absolute Gasteiger partial charge is 0.478 e. The van der Waals surface area contributed by atoms with Crippen LogP contribution in [0.15, 0.2) is 42.5 Å². The van der Waals surface area contributed by atoms with Crippen molar-refractivity contribution in [2.45, 2.75) is 33.1 Å². The van der Waals surface area contributed by atoms with E-state index < -0.39 is 5.97 Å². The number of carboxylic acids is 1. The predicted octanol–water partition coefficient (Wildman–Crippen LogP) is 4.66. The SMILES string of the molecule is Cc1cccc(-c2ccc(C(C)(C)C)cc2)c1C(=O)O. The molecule has 2 aromatic rings. The highest BCUT2D eigenvalue weighted by molar-refractivity contribution is 5.97. The van der Waals surface area contributed by atoms with Crippen LogP contribution in [0.25, 0.3) is 11.1 Å². The minimum Gasteiger partial charge on any atom is -0.478 e. The molecule has 0 aliphatic heterocycles. The molecule has 0 saturated heterocycles. The maximum atomic E-state index is 11.4. The van der Waals surface area contributed by atoms with Crippen LogP contribution in [-0.4, -0.2) is 11.1 Å². The van der Waals surface area contributed by atoms with E-state index in [9.17, 15) is 9.90 Å². The van der Waals surface area contributed by atoms with Crippen molar-refractivity contribution in [3.63, 3.8) is 0 Å². The summed E-state index contributed by atoms with van der Waals surface area (Å²) in [5.74, 6) is -0.877. The van der Waals surface area contributed by atoms with E-state index in [1.807, 2.05) is 37.3 Å². The van der Waals surface area contributed by atoms with Crippen LogP contribution in [-0.2, 0) is 5.41 Å². The summed E-state index contributed by atoms with van der Waals surface area (Å²) in [5.41, 5.74) is 4.23. The van der Waals surface area contributed by atoms with Gasteiger partial charge in [0.2, 0.25) is 0 Å². The molecule has 0 spiro atoms. The van der Waals surface area contributed by atoms with E-state index in [4.69, 9.17) is 0 Å². The number of aromatic carboxylic acids is 1. The smallest absolute Gasteiger partial charge is 0.336 e. The first-order chi connectivity index (χ1) is 9.30. The van der Waals surface area contributed by atoms with E-state index in [0.717, 1.165) is 16.7 Å². The fourth-order valence-corrected chi connectivity index (χ4v) is 2.34. The minimum absolute atomic E-state index is 0.0980. The van der Waals surface area contributed by atoms with Gasteiger partial charge in [-0.25, -0.2) is 4.79 Å². The summed E-state index contributed by atoms with van der Waals surface area (Å²) < 4.78 is 0. The summed E-state index contributed by atoms with van der Waals surface area (Å²) in [6, 6.07) is 13.7. The molecule has 0 saturated carbocycles. The monoisotopic (exact) mass is 268 g/mol. The Balaban J connectivity index is 2.53. The van der Waals surface area contributed by atoms with E-state index >= 15 is 0 Å². The molecule has 20 heavy (non-hydrogen) atoms. The highest BCUT2D eigenvalue weighted by Crippen LogP contribution is 2.29. The zero-order chi connectivity index (χ0) is 14.9. The summed E-state index contributed by atoms with van der Waals surface area (Å²) in [7, 11) is 0. The number of carbonyl (C=O) groups is 1. The van der Waals surface area contributed by atoms with Gasteiger partial charge in [-0.2, -0.15) is 0 Å². The second-order valence-electron chi connectivity index (χ2n) is 6.13. The van der Waals surface area contributed by atoms with Crippen molar-refractivity contribution < 1.29 is 9.90 Å². The van der Waals surface area contributed by atoms with E-state index in [1.54, 1.807) is 0 Å². The van der Waals surface area contributed by atoms with Crippen LogP contribution < -0.4 is 0 Å². The topological polar surface area (TPSA) is 37.3 Å². The fraction of sp³-hybridized carbons (Fsp3) is 0.278. The highest BCUT2D eigenvalue weighted by atomic mass is 16.4. The first kappa shape index (κ1) is 14.3. The van der Waals surface area contributed by atoms with Gasteiger partial charge in [-0.15, -0.1) is 0 Å². The number of hydrogen-bond donors (Lipinski definition) is 1. The third-order valence-corrected chi connectivity index (χ3v) is 3.55. The molecule has 0 unspecified atom stereocenters. The Bertz CT molecular complexity index is 631. The molecule has 0 aliphatic carbocycles. The van der Waals surface area contributed by atoms with Gasteiger partial charge in [-0.05, 0) is 34.6 Å². The first-order valence-corrected chi connectivity index (χ1v) is 6.74. The van der Waals surface area contributed by atoms with E-state index in [1.165, 1.54) is 5.56 Å². The zero-order valence-corrected chi connectivity index (χ0v) is 12.4. The van der Waals surface area contributed by atoms with Gasteiger partial charge in [0.15, 0.2) is 0 Å². The minimum atomic E-state index is -0.877. The fourth-order valence-electron chi connectivity index (χ4n) is 2.34. The molecule has 2 aromatic carbocycles. The number of hydrogen-bond acceptors (Lipinski definition) is 1. The number of aryl methyl sites for hydroxylation is 1. The van der Waals surface area contributed by atoms with Gasteiger partial charge in [-0.3, -0.25) is 0 Å². The van der Waals surface area contributed by atoms with E-state index in [-0.39, 0.29) is 5.41 Å². The molecule has 2 heteroatoms. The van der Waals surface area contributed by atoms with Crippen molar-refractivity contribution in [3.05, 3.63) is 59.2 Å². The van der Waals surface area contributed by atoms with Crippen LogP contribution in [0, 0.1) is 6.92 Å². The molecule has 0 atom stereocenters. The zero-order valence-electron chi connectivity index (χ0n) is 12.4. The molecular weight excluding hydrogens is 248 g/mol. The van der Waals surface area contributed by atoms with Crippen molar-refractivity contribution >= 4 is 5.97 Å². The van der Waals surface area contributed by atoms with Crippen LogP contribution in [0.2, 0.25) is 0 Å². The maximum Gasteiger partial charge on any atom is 0.336 e. The van der Waals surface area contributed by atoms with E-state index in [2.05, 4.69) is 32.9 Å². The second-order valence-corrected chi connectivity index (χ2v) is 6.13. The molecule has 0 aliphatic rings. The lowest BCUT2D eigenvalue weighted by Gasteiger charge is -2.19. The molecule has 0 aromatic heterocycles. The number of carboxylic acid groups (broad SMARTS) is 1. The Kier molecular flexibility index (Phi) is 3.67. The van der Waals surface area contributed by atoms with Crippen LogP contribution in [0.1, 0.15) is 42.3 Å². The van der Waals surface area contributed by atoms with Gasteiger partial charge >= 0.3 is 5.97 Å². The lowest BCUT2D eigenvalue weighted by Crippen LogP contribution is -2.10. The summed E-state index contributed by atoms with van der Waals surface area (Å²) in [6.45, 7) is 8.32. The predicted molar refractivity (Wildman–Crippen MR) is 82.3 cm³/mol. The Labute approximate surface area is 120 Å². The molecule has 2 rings (SSSR count). The maximum absolute atomic E-state index is 11.4. The Morgan fingerprint density at radius 2 is 1.60 bits per heavy atom. The van der Waals surface area contributed by atoms with Crippen LogP contribution in [0.5, 0.6) is 0 Å². The van der Waals surface area contributed by atoms with Gasteiger partial charge in [0, 0.05) is 0 Å². The standard InChI is InChI=1S/C18H20O2/c1-12-6-5-7-15(16(12)17(19)20)13-8-10-14(11-9-13)18(2,3)4/h5-11H,1-4H3,(H,19,20). The molecule has 104 valence electrons. The Hall–Kier alpha value is -2.09. The van der Waals surface area contributed by atoms with Gasteiger partial charge in [0.25, 0.3) is 0 Å². The summed E-state index contributed by atoms with van der Waals surface area (Å²) in [6.07, 6.45) is 0. The second kappa shape index (κ2) is 5.12. The first-order valence-electron chi connectivity index (χ1n) is 6.74. The molecule has 1 N–H and O–H groups in total. The molecule has 0 amide bonds. The van der Waals surface area contributed by atoms with Crippen LogP contribution in [0.4, 0.5) is 0 Å². The molecular formula is C18H20O2. The molecule has 2 nitrogen and oxygen atoms in total. The normalized spacial score (nSPS) is 11.4. The average molecular weight is 268 g/mol. The van der Waals surface area contributed by atoms with Gasteiger partial charge in [0.1, 0.15) is 0 Å². The average Bonchev–Trinajstić information content (AvgIpc) is 2.37. The molecule has 0 heterocycles. The van der Waals surface area contributed by atoms with Crippen molar-refractivity contribution in [1.29, 1.82) is 0 Å². The lowest BCUT2D eigenvalue weighted by molar-refractivity contribution is 0.0697. The van der Waals surface area contributed by atoms with E-state index in [0.29, 0.717) is 5.56 Å². The summed E-state index contributed by atoms with van der Waals surface area (Å²) >= 11 is 0. The van der Waals surface area contributed by atoms with Crippen molar-refractivity contribution in [1.82, 2.24) is 0 Å². The van der Waals surface area contributed by atoms with Gasteiger partial charge in [-0.1, -0.05) is 63.2 Å². The Morgan fingerprint density at radius 1 is 1.00 bits per heavy atom. The summed E-state index contributed by atoms with van der Waals surface area (Å²) in [5, 5.41) is 9.39. The van der Waals surface area contributed by atoms with Crippen molar-refractivity contribution in [3.8, 4) is 11.1 Å². The number of rotatable bonds is 2. The highest BCUT2D eigenvalue weighted by Gasteiger charge is 2.16. The molecule has 0 radical (unpaired) electrons. The van der Waals surface area contributed by atoms with Crippen LogP contribution in [0.3, 0.4) is 0 Å². The summed E-state index contributed by atoms with van der Waals surface area (Å²) in [4.78, 5) is 11.4. The molecule has 0 fully saturated rings. The van der Waals surface area contributed by atoms with Crippen LogP contribution >= 0.6 is 0 Å². The quantitative estimate of drug-likeness (QED) is 0.860. The van der Waals surface area contributed by atoms with Crippen molar-refractivity contribution in [2.75, 3.05) is 0 Å². The third kappa shape index (κ3) is 2.74. The number of benzene rings is 2. The van der Waals surface area contributed by atoms with Gasteiger partial charge in [0.05, 0.1) is 5.56 Å². The van der Waals surface area contributed by atoms with Gasteiger partial charge < -0.3 is 5.11 Å². The Morgan fingerprint density at radius 3 is 2.10 bits per heavy atom. The lowest BCUT2D eigenvalue weighted by atomic mass is 9.85.